The summed E-state index contributed by atoms with van der Waals surface area (Å²) in [6.45, 7) is 3.36. The van der Waals surface area contributed by atoms with Crippen molar-refractivity contribution in [1.82, 2.24) is 4.90 Å². The molecule has 1 aliphatic carbocycles. The maximum Gasteiger partial charge on any atom is 0.0871 e. The van der Waals surface area contributed by atoms with Crippen molar-refractivity contribution in [2.24, 2.45) is 0 Å². The molecule has 0 atom stereocenters. The summed E-state index contributed by atoms with van der Waals surface area (Å²) < 4.78 is 0. The average Bonchev–Trinajstić information content (AvgIpc) is 2.69. The largest absolute Gasteiger partial charge is 0.284 e. The van der Waals surface area contributed by atoms with Crippen LogP contribution in [-0.2, 0) is 0 Å². The summed E-state index contributed by atoms with van der Waals surface area (Å²) in [4.78, 5) is 2.24. The van der Waals surface area contributed by atoms with Crippen LogP contribution >= 0.6 is 11.6 Å². The molecule has 0 bridgehead atoms. The molecule has 0 aromatic heterocycles. The molecule has 0 spiro atoms. The molecule has 0 unspecified atom stereocenters. The molecule has 0 aromatic rings. The molecule has 2 nitrogen and oxygen atoms in total. The van der Waals surface area contributed by atoms with Gasteiger partial charge in [0.2, 0.25) is 0 Å². The van der Waals surface area contributed by atoms with Crippen LogP contribution in [0, 0.1) is 11.3 Å². The smallest absolute Gasteiger partial charge is 0.0871 e. The second-order valence-corrected chi connectivity index (χ2v) is 4.18. The Balaban J connectivity index is 2.50. The third kappa shape index (κ3) is 3.32. The van der Waals surface area contributed by atoms with Gasteiger partial charge < -0.3 is 0 Å². The highest BCUT2D eigenvalue weighted by Gasteiger charge is 2.21. The average molecular weight is 213 g/mol. The summed E-state index contributed by atoms with van der Waals surface area (Å²) in [6, 6.07) is 2.83. The van der Waals surface area contributed by atoms with E-state index >= 15 is 0 Å². The lowest BCUT2D eigenvalue weighted by Gasteiger charge is -2.26. The van der Waals surface area contributed by atoms with Gasteiger partial charge in [-0.1, -0.05) is 24.4 Å². The molecular formula is C11H17ClN2. The van der Waals surface area contributed by atoms with E-state index in [9.17, 15) is 0 Å². The molecule has 1 fully saturated rings. The van der Waals surface area contributed by atoms with E-state index in [0.717, 1.165) is 12.1 Å². The summed E-state index contributed by atoms with van der Waals surface area (Å²) in [5.74, 6) is 0. The van der Waals surface area contributed by atoms with Crippen LogP contribution in [0.4, 0.5) is 0 Å². The van der Waals surface area contributed by atoms with Gasteiger partial charge in [-0.15, -0.1) is 0 Å². The van der Waals surface area contributed by atoms with Crippen molar-refractivity contribution < 1.29 is 0 Å². The zero-order valence-corrected chi connectivity index (χ0v) is 9.43. The molecule has 0 heterocycles. The zero-order chi connectivity index (χ0) is 10.4. The highest BCUT2D eigenvalue weighted by atomic mass is 35.5. The van der Waals surface area contributed by atoms with Crippen LogP contribution in [0.15, 0.2) is 11.1 Å². The normalized spacial score (nSPS) is 18.9. The number of hydrogen-bond acceptors (Lipinski definition) is 2. The van der Waals surface area contributed by atoms with E-state index in [1.54, 1.807) is 5.54 Å². The summed E-state index contributed by atoms with van der Waals surface area (Å²) in [7, 11) is 0. The van der Waals surface area contributed by atoms with Gasteiger partial charge >= 0.3 is 0 Å². The quantitative estimate of drug-likeness (QED) is 0.670. The lowest BCUT2D eigenvalue weighted by molar-refractivity contribution is 0.241. The Morgan fingerprint density at radius 2 is 2.21 bits per heavy atom. The topological polar surface area (TPSA) is 27.0 Å². The van der Waals surface area contributed by atoms with Gasteiger partial charge in [-0.2, -0.15) is 5.26 Å². The fourth-order valence-corrected chi connectivity index (χ4v) is 2.10. The minimum atomic E-state index is 0.521. The highest BCUT2D eigenvalue weighted by molar-refractivity contribution is 6.25. The first-order valence-electron chi connectivity index (χ1n) is 5.14. The number of nitriles is 1. The van der Waals surface area contributed by atoms with Crippen molar-refractivity contribution in [3.05, 3.63) is 11.1 Å². The van der Waals surface area contributed by atoms with E-state index in [4.69, 9.17) is 16.9 Å². The number of nitrogens with zero attached hydrogens (tertiary/aromatic N) is 2. The number of halogens is 1. The van der Waals surface area contributed by atoms with Gasteiger partial charge in [0.05, 0.1) is 12.6 Å². The van der Waals surface area contributed by atoms with Crippen LogP contribution in [0.5, 0.6) is 0 Å². The summed E-state index contributed by atoms with van der Waals surface area (Å²) >= 11 is 5.63. The summed E-state index contributed by atoms with van der Waals surface area (Å²) in [5.41, 5.74) is 2.74. The van der Waals surface area contributed by atoms with E-state index in [1.807, 2.05) is 6.92 Å². The van der Waals surface area contributed by atoms with Crippen molar-refractivity contribution in [1.29, 1.82) is 5.26 Å². The number of rotatable bonds is 4. The van der Waals surface area contributed by atoms with Gasteiger partial charge in [-0.3, -0.25) is 4.90 Å². The van der Waals surface area contributed by atoms with Crippen molar-refractivity contribution in [3.63, 3.8) is 0 Å². The summed E-state index contributed by atoms with van der Waals surface area (Å²) in [5, 5.41) is 8.74. The molecule has 14 heavy (non-hydrogen) atoms. The molecule has 1 saturated carbocycles. The Kier molecular flexibility index (Phi) is 5.00. The molecule has 0 aromatic carbocycles. The van der Waals surface area contributed by atoms with Crippen LogP contribution in [0.2, 0.25) is 0 Å². The first-order chi connectivity index (χ1) is 6.77. The third-order valence-corrected chi connectivity index (χ3v) is 3.13. The fourth-order valence-electron chi connectivity index (χ4n) is 2.03. The Morgan fingerprint density at radius 3 is 2.71 bits per heavy atom. The van der Waals surface area contributed by atoms with Crippen LogP contribution in [0.1, 0.15) is 32.6 Å². The molecule has 0 saturated heterocycles. The molecule has 3 heteroatoms. The van der Waals surface area contributed by atoms with Crippen molar-refractivity contribution in [2.75, 3.05) is 13.1 Å². The lowest BCUT2D eigenvalue weighted by Crippen LogP contribution is -2.34. The van der Waals surface area contributed by atoms with Gasteiger partial charge in [-0.25, -0.2) is 0 Å². The Hall–Kier alpha value is -0.520. The third-order valence-electron chi connectivity index (χ3n) is 2.75. The molecule has 0 radical (unpaired) electrons. The maximum atomic E-state index is 8.74. The molecule has 0 aliphatic heterocycles. The molecule has 0 amide bonds. The van der Waals surface area contributed by atoms with Crippen LogP contribution in [0.3, 0.4) is 0 Å². The van der Waals surface area contributed by atoms with Crippen LogP contribution < -0.4 is 0 Å². The Bertz CT molecular complexity index is 236. The zero-order valence-electron chi connectivity index (χ0n) is 8.67. The second kappa shape index (κ2) is 6.06. The standard InChI is InChI=1S/C11H17ClN2/c1-10(8-12)9-14(7-6-13)11-4-2-3-5-11/h8,11H,2-5,7,9H2,1H3. The SMILES string of the molecule is CC(=CCl)CN(CC#N)C1CCCC1. The van der Waals surface area contributed by atoms with Gasteiger partial charge in [0, 0.05) is 18.1 Å². The van der Waals surface area contributed by atoms with E-state index in [1.165, 1.54) is 25.7 Å². The predicted octanol–water partition coefficient (Wildman–Crippen LogP) is 2.90. The van der Waals surface area contributed by atoms with Gasteiger partial charge in [-0.05, 0) is 25.3 Å². The van der Waals surface area contributed by atoms with Crippen molar-refractivity contribution in [2.45, 2.75) is 38.6 Å². The number of hydrogen-bond donors (Lipinski definition) is 0. The first-order valence-corrected chi connectivity index (χ1v) is 5.58. The Morgan fingerprint density at radius 1 is 1.57 bits per heavy atom. The molecule has 1 aliphatic rings. The van der Waals surface area contributed by atoms with E-state index in [2.05, 4.69) is 11.0 Å². The molecular weight excluding hydrogens is 196 g/mol. The monoisotopic (exact) mass is 212 g/mol. The van der Waals surface area contributed by atoms with Crippen LogP contribution in [0.25, 0.3) is 0 Å². The minimum absolute atomic E-state index is 0.521. The van der Waals surface area contributed by atoms with Crippen LogP contribution in [-0.4, -0.2) is 24.0 Å². The molecule has 78 valence electrons. The fraction of sp³-hybridized carbons (Fsp3) is 0.727. The van der Waals surface area contributed by atoms with Crippen molar-refractivity contribution in [3.8, 4) is 6.07 Å². The van der Waals surface area contributed by atoms with E-state index < -0.39 is 0 Å². The van der Waals surface area contributed by atoms with E-state index in [-0.39, 0.29) is 0 Å². The van der Waals surface area contributed by atoms with Crippen molar-refractivity contribution >= 4 is 11.6 Å². The maximum absolute atomic E-state index is 8.74. The summed E-state index contributed by atoms with van der Waals surface area (Å²) in [6.07, 6.45) is 5.07. The molecule has 1 rings (SSSR count). The van der Waals surface area contributed by atoms with Gasteiger partial charge in [0.25, 0.3) is 0 Å². The lowest BCUT2D eigenvalue weighted by atomic mass is 10.2. The highest BCUT2D eigenvalue weighted by Crippen LogP contribution is 2.23. The Labute approximate surface area is 91.1 Å². The molecule has 0 N–H and O–H groups in total. The van der Waals surface area contributed by atoms with Gasteiger partial charge in [0.1, 0.15) is 0 Å². The van der Waals surface area contributed by atoms with Gasteiger partial charge in [0.15, 0.2) is 0 Å². The first kappa shape index (κ1) is 11.6. The van der Waals surface area contributed by atoms with E-state index in [0.29, 0.717) is 12.6 Å². The predicted molar refractivity (Wildman–Crippen MR) is 59.1 cm³/mol. The minimum Gasteiger partial charge on any atom is -0.284 e. The second-order valence-electron chi connectivity index (χ2n) is 3.96.